The Kier molecular flexibility index (Phi) is 4.03. The number of nitrogens with one attached hydrogen (secondary N) is 1. The van der Waals surface area contributed by atoms with Crippen molar-refractivity contribution in [2.24, 2.45) is 10.7 Å². The van der Waals surface area contributed by atoms with Gasteiger partial charge in [-0.1, -0.05) is 0 Å². The van der Waals surface area contributed by atoms with Gasteiger partial charge in [-0.2, -0.15) is 8.78 Å². The number of halogens is 2. The summed E-state index contributed by atoms with van der Waals surface area (Å²) in [6, 6.07) is 0. The highest BCUT2D eigenvalue weighted by Gasteiger charge is 2.12. The summed E-state index contributed by atoms with van der Waals surface area (Å²) in [5.41, 5.74) is 5.40. The zero-order valence-electron chi connectivity index (χ0n) is 10.1. The summed E-state index contributed by atoms with van der Waals surface area (Å²) in [5, 5.41) is 2.93. The van der Waals surface area contributed by atoms with Crippen LogP contribution in [0, 0.1) is 0 Å². The number of guanidine groups is 1. The minimum absolute atomic E-state index is 0.0201. The molecule has 0 aromatic carbocycles. The number of aromatic nitrogens is 2. The predicted octanol–water partition coefficient (Wildman–Crippen LogP) is 1.48. The molecule has 7 heteroatoms. The third-order valence-corrected chi connectivity index (χ3v) is 1.85. The number of alkyl halides is 2. The second kappa shape index (κ2) is 5.11. The van der Waals surface area contributed by atoms with Gasteiger partial charge in [-0.25, -0.2) is 9.98 Å². The van der Waals surface area contributed by atoms with E-state index in [-0.39, 0.29) is 23.9 Å². The average Bonchev–Trinajstić information content (AvgIpc) is 2.59. The summed E-state index contributed by atoms with van der Waals surface area (Å²) in [6.45, 7) is 3.19. The van der Waals surface area contributed by atoms with Crippen molar-refractivity contribution in [3.05, 3.63) is 18.2 Å². The van der Waals surface area contributed by atoms with Gasteiger partial charge in [0.1, 0.15) is 12.4 Å². The van der Waals surface area contributed by atoms with Crippen LogP contribution in [0.4, 0.5) is 8.78 Å². The molecule has 0 fully saturated rings. The van der Waals surface area contributed by atoms with Crippen LogP contribution in [0.5, 0.6) is 0 Å². The lowest BCUT2D eigenvalue weighted by atomic mass is 10.1. The molecule has 0 saturated heterocycles. The molecule has 17 heavy (non-hydrogen) atoms. The zero-order valence-corrected chi connectivity index (χ0v) is 10.1. The van der Waals surface area contributed by atoms with Crippen LogP contribution in [0.3, 0.4) is 0 Å². The highest BCUT2D eigenvalue weighted by Crippen LogP contribution is 2.12. The van der Waals surface area contributed by atoms with Crippen LogP contribution in [-0.2, 0) is 6.54 Å². The van der Waals surface area contributed by atoms with Gasteiger partial charge in [0.05, 0.1) is 0 Å². The number of aliphatic imine (C=N–C) groups is 1. The highest BCUT2D eigenvalue weighted by atomic mass is 19.3. The van der Waals surface area contributed by atoms with E-state index in [1.54, 1.807) is 0 Å². The molecule has 0 amide bonds. The van der Waals surface area contributed by atoms with Crippen LogP contribution in [0.1, 0.15) is 33.1 Å². The van der Waals surface area contributed by atoms with E-state index >= 15 is 0 Å². The van der Waals surface area contributed by atoms with Crippen molar-refractivity contribution in [1.29, 1.82) is 0 Å². The Morgan fingerprint density at radius 3 is 2.76 bits per heavy atom. The molecule has 0 spiro atoms. The fourth-order valence-corrected chi connectivity index (χ4v) is 1.22. The van der Waals surface area contributed by atoms with Crippen LogP contribution in [0.15, 0.2) is 17.4 Å². The Balaban J connectivity index is 2.66. The first-order valence-electron chi connectivity index (χ1n) is 5.17. The van der Waals surface area contributed by atoms with E-state index in [1.807, 2.05) is 20.8 Å². The Morgan fingerprint density at radius 1 is 1.59 bits per heavy atom. The molecule has 96 valence electrons. The van der Waals surface area contributed by atoms with Crippen molar-refractivity contribution in [2.45, 2.75) is 39.4 Å². The first kappa shape index (κ1) is 13.4. The molecule has 0 atom stereocenters. The van der Waals surface area contributed by atoms with Crippen molar-refractivity contribution in [2.75, 3.05) is 0 Å². The fourth-order valence-electron chi connectivity index (χ4n) is 1.22. The quantitative estimate of drug-likeness (QED) is 0.626. The summed E-state index contributed by atoms with van der Waals surface area (Å²) in [7, 11) is 0. The molecule has 3 N–H and O–H groups in total. The summed E-state index contributed by atoms with van der Waals surface area (Å²) in [6.07, 6.45) is 2.52. The minimum Gasteiger partial charge on any atom is -0.370 e. The van der Waals surface area contributed by atoms with Gasteiger partial charge in [-0.3, -0.25) is 4.57 Å². The van der Waals surface area contributed by atoms with Crippen molar-refractivity contribution in [3.63, 3.8) is 0 Å². The summed E-state index contributed by atoms with van der Waals surface area (Å²) >= 11 is 0. The van der Waals surface area contributed by atoms with E-state index in [0.29, 0.717) is 0 Å². The molecule has 1 rings (SSSR count). The van der Waals surface area contributed by atoms with Crippen molar-refractivity contribution in [3.8, 4) is 0 Å². The van der Waals surface area contributed by atoms with E-state index in [0.717, 1.165) is 4.57 Å². The van der Waals surface area contributed by atoms with E-state index in [4.69, 9.17) is 5.73 Å². The first-order valence-corrected chi connectivity index (χ1v) is 5.17. The number of imidazole rings is 1. The molecule has 1 aromatic rings. The Labute approximate surface area is 98.7 Å². The van der Waals surface area contributed by atoms with E-state index in [9.17, 15) is 8.78 Å². The van der Waals surface area contributed by atoms with E-state index < -0.39 is 6.55 Å². The number of hydrogen-bond donors (Lipinski definition) is 2. The van der Waals surface area contributed by atoms with Crippen LogP contribution in [0.2, 0.25) is 0 Å². The van der Waals surface area contributed by atoms with Gasteiger partial charge in [0.15, 0.2) is 5.96 Å². The molecule has 1 heterocycles. The first-order chi connectivity index (χ1) is 7.79. The monoisotopic (exact) mass is 245 g/mol. The Hall–Kier alpha value is -1.66. The van der Waals surface area contributed by atoms with Crippen molar-refractivity contribution >= 4 is 5.96 Å². The lowest BCUT2D eigenvalue weighted by Crippen LogP contribution is -2.45. The standard InChI is InChI=1S/C10H17F2N5/c1-10(2,3)16-9(13)15-6-7-14-4-5-17(7)8(11)12/h4-5,8H,6H2,1-3H3,(H3,13,15,16). The predicted molar refractivity (Wildman–Crippen MR) is 61.7 cm³/mol. The molecular weight excluding hydrogens is 228 g/mol. The average molecular weight is 245 g/mol. The molecular formula is C10H17F2N5. The van der Waals surface area contributed by atoms with Crippen LogP contribution in [-0.4, -0.2) is 21.0 Å². The van der Waals surface area contributed by atoms with Crippen LogP contribution < -0.4 is 11.1 Å². The maximum Gasteiger partial charge on any atom is 0.319 e. The Morgan fingerprint density at radius 2 is 2.24 bits per heavy atom. The van der Waals surface area contributed by atoms with Gasteiger partial charge >= 0.3 is 6.55 Å². The highest BCUT2D eigenvalue weighted by molar-refractivity contribution is 5.78. The maximum atomic E-state index is 12.5. The molecule has 1 aromatic heterocycles. The van der Waals surface area contributed by atoms with Gasteiger partial charge in [0, 0.05) is 17.9 Å². The summed E-state index contributed by atoms with van der Waals surface area (Å²) in [5.74, 6) is 0.389. The smallest absolute Gasteiger partial charge is 0.319 e. The molecule has 5 nitrogen and oxygen atoms in total. The van der Waals surface area contributed by atoms with Gasteiger partial charge in [-0.05, 0) is 20.8 Å². The molecule has 0 bridgehead atoms. The lowest BCUT2D eigenvalue weighted by molar-refractivity contribution is 0.0671. The van der Waals surface area contributed by atoms with Crippen molar-refractivity contribution < 1.29 is 8.78 Å². The second-order valence-electron chi connectivity index (χ2n) is 4.60. The number of hydrogen-bond acceptors (Lipinski definition) is 2. The molecule has 0 saturated carbocycles. The molecule has 0 radical (unpaired) electrons. The largest absolute Gasteiger partial charge is 0.370 e. The third kappa shape index (κ3) is 4.38. The molecule has 0 aliphatic carbocycles. The lowest BCUT2D eigenvalue weighted by Gasteiger charge is -2.20. The van der Waals surface area contributed by atoms with Crippen LogP contribution in [0.25, 0.3) is 0 Å². The topological polar surface area (TPSA) is 68.2 Å². The van der Waals surface area contributed by atoms with E-state index in [1.165, 1.54) is 12.4 Å². The number of rotatable bonds is 3. The van der Waals surface area contributed by atoms with Gasteiger partial charge < -0.3 is 11.1 Å². The maximum absolute atomic E-state index is 12.5. The van der Waals surface area contributed by atoms with Gasteiger partial charge in [-0.15, -0.1) is 0 Å². The minimum atomic E-state index is -2.61. The normalized spacial score (nSPS) is 13.2. The SMILES string of the molecule is CC(C)(C)NC(N)=NCc1nccn1C(F)F. The zero-order chi connectivity index (χ0) is 13.1. The molecule has 0 unspecified atom stereocenters. The van der Waals surface area contributed by atoms with Gasteiger partial charge in [0.2, 0.25) is 0 Å². The fraction of sp³-hybridized carbons (Fsp3) is 0.600. The van der Waals surface area contributed by atoms with E-state index in [2.05, 4.69) is 15.3 Å². The molecule has 0 aliphatic rings. The van der Waals surface area contributed by atoms with Crippen molar-refractivity contribution in [1.82, 2.24) is 14.9 Å². The molecule has 0 aliphatic heterocycles. The third-order valence-electron chi connectivity index (χ3n) is 1.85. The van der Waals surface area contributed by atoms with Gasteiger partial charge in [0.25, 0.3) is 0 Å². The summed E-state index contributed by atoms with van der Waals surface area (Å²) < 4.78 is 25.7. The number of nitrogens with zero attached hydrogens (tertiary/aromatic N) is 3. The summed E-state index contributed by atoms with van der Waals surface area (Å²) in [4.78, 5) is 7.76. The second-order valence-corrected chi connectivity index (χ2v) is 4.60. The van der Waals surface area contributed by atoms with Crippen LogP contribution >= 0.6 is 0 Å². The Bertz CT molecular complexity index is 392. The number of nitrogens with two attached hydrogens (primary N) is 1.